The van der Waals surface area contributed by atoms with Crippen LogP contribution in [0.15, 0.2) is 42.5 Å². The van der Waals surface area contributed by atoms with E-state index in [9.17, 15) is 9.59 Å². The quantitative estimate of drug-likeness (QED) is 0.775. The van der Waals surface area contributed by atoms with Crippen molar-refractivity contribution in [2.24, 2.45) is 0 Å². The SMILES string of the molecule is Cc1cc(C)c(NC(=O)CN(C)CCOC(=O)c2ccccc2)c(C)c1. The zero-order valence-electron chi connectivity index (χ0n) is 15.8. The van der Waals surface area contributed by atoms with Crippen LogP contribution in [0.2, 0.25) is 0 Å². The van der Waals surface area contributed by atoms with Crippen molar-refractivity contribution >= 4 is 17.6 Å². The van der Waals surface area contributed by atoms with E-state index in [1.165, 1.54) is 5.56 Å². The van der Waals surface area contributed by atoms with Crippen LogP contribution in [0.5, 0.6) is 0 Å². The third kappa shape index (κ3) is 5.70. The van der Waals surface area contributed by atoms with Gasteiger partial charge in [-0.1, -0.05) is 35.9 Å². The van der Waals surface area contributed by atoms with Crippen LogP contribution < -0.4 is 5.32 Å². The zero-order valence-corrected chi connectivity index (χ0v) is 15.8. The fourth-order valence-electron chi connectivity index (χ4n) is 2.83. The molecule has 2 aromatic rings. The summed E-state index contributed by atoms with van der Waals surface area (Å²) in [6, 6.07) is 13.0. The van der Waals surface area contributed by atoms with Crippen LogP contribution in [-0.2, 0) is 9.53 Å². The van der Waals surface area contributed by atoms with Crippen molar-refractivity contribution in [1.29, 1.82) is 0 Å². The molecule has 26 heavy (non-hydrogen) atoms. The molecule has 0 aliphatic carbocycles. The van der Waals surface area contributed by atoms with Gasteiger partial charge < -0.3 is 10.1 Å². The number of rotatable bonds is 7. The lowest BCUT2D eigenvalue weighted by atomic mass is 10.1. The van der Waals surface area contributed by atoms with Gasteiger partial charge in [0.2, 0.25) is 5.91 Å². The molecule has 0 radical (unpaired) electrons. The number of amides is 1. The molecular weight excluding hydrogens is 328 g/mol. The van der Waals surface area contributed by atoms with Crippen LogP contribution in [0.25, 0.3) is 0 Å². The fourth-order valence-corrected chi connectivity index (χ4v) is 2.83. The highest BCUT2D eigenvalue weighted by atomic mass is 16.5. The molecule has 0 fully saturated rings. The van der Waals surface area contributed by atoms with Crippen LogP contribution in [-0.4, -0.2) is 43.5 Å². The normalized spacial score (nSPS) is 10.7. The first-order valence-electron chi connectivity index (χ1n) is 8.65. The molecule has 0 atom stereocenters. The number of aryl methyl sites for hydroxylation is 3. The second-order valence-corrected chi connectivity index (χ2v) is 6.56. The molecule has 1 amide bonds. The van der Waals surface area contributed by atoms with Crippen LogP contribution >= 0.6 is 0 Å². The van der Waals surface area contributed by atoms with Crippen LogP contribution in [0.4, 0.5) is 5.69 Å². The molecule has 0 spiro atoms. The maximum absolute atomic E-state index is 12.3. The van der Waals surface area contributed by atoms with Crippen molar-refractivity contribution in [3.63, 3.8) is 0 Å². The van der Waals surface area contributed by atoms with Crippen molar-refractivity contribution in [3.05, 3.63) is 64.7 Å². The van der Waals surface area contributed by atoms with E-state index < -0.39 is 0 Å². The van der Waals surface area contributed by atoms with E-state index in [0.717, 1.165) is 16.8 Å². The lowest BCUT2D eigenvalue weighted by Gasteiger charge is -2.18. The van der Waals surface area contributed by atoms with Crippen LogP contribution in [0.3, 0.4) is 0 Å². The number of ether oxygens (including phenoxy) is 1. The lowest BCUT2D eigenvalue weighted by molar-refractivity contribution is -0.117. The minimum absolute atomic E-state index is 0.0862. The third-order valence-corrected chi connectivity index (χ3v) is 4.07. The highest BCUT2D eigenvalue weighted by molar-refractivity contribution is 5.93. The van der Waals surface area contributed by atoms with Crippen LogP contribution in [0, 0.1) is 20.8 Å². The maximum atomic E-state index is 12.3. The van der Waals surface area contributed by atoms with Gasteiger partial charge in [-0.15, -0.1) is 0 Å². The molecule has 0 saturated heterocycles. The van der Waals surface area contributed by atoms with E-state index in [2.05, 4.69) is 17.4 Å². The Labute approximate surface area is 155 Å². The number of carbonyl (C=O) groups excluding carboxylic acids is 2. The number of carbonyl (C=O) groups is 2. The standard InChI is InChI=1S/C21H26N2O3/c1-15-12-16(2)20(17(3)13-15)22-19(24)14-23(4)10-11-26-21(25)18-8-6-5-7-9-18/h5-9,12-13H,10-11,14H2,1-4H3,(H,22,24). The molecule has 5 heteroatoms. The molecule has 0 saturated carbocycles. The second-order valence-electron chi connectivity index (χ2n) is 6.56. The number of hydrogen-bond donors (Lipinski definition) is 1. The minimum atomic E-state index is -0.352. The van der Waals surface area contributed by atoms with E-state index in [1.807, 2.05) is 38.8 Å². The number of nitrogens with zero attached hydrogens (tertiary/aromatic N) is 1. The molecule has 0 heterocycles. The summed E-state index contributed by atoms with van der Waals surface area (Å²) in [6.45, 7) is 6.97. The van der Waals surface area contributed by atoms with Gasteiger partial charge in [-0.25, -0.2) is 4.79 Å². The Balaban J connectivity index is 1.78. The van der Waals surface area contributed by atoms with Crippen LogP contribution in [0.1, 0.15) is 27.0 Å². The fraction of sp³-hybridized carbons (Fsp3) is 0.333. The van der Waals surface area contributed by atoms with Crippen molar-refractivity contribution in [2.45, 2.75) is 20.8 Å². The van der Waals surface area contributed by atoms with E-state index >= 15 is 0 Å². The zero-order chi connectivity index (χ0) is 19.1. The number of hydrogen-bond acceptors (Lipinski definition) is 4. The van der Waals surface area contributed by atoms with Crippen molar-refractivity contribution in [3.8, 4) is 0 Å². The van der Waals surface area contributed by atoms with E-state index in [0.29, 0.717) is 12.1 Å². The summed E-state index contributed by atoms with van der Waals surface area (Å²) in [4.78, 5) is 26.0. The highest BCUT2D eigenvalue weighted by Gasteiger charge is 2.12. The Morgan fingerprint density at radius 2 is 1.65 bits per heavy atom. The van der Waals surface area contributed by atoms with E-state index in [1.54, 1.807) is 24.3 Å². The number of nitrogens with one attached hydrogen (secondary N) is 1. The Morgan fingerprint density at radius 3 is 2.27 bits per heavy atom. The van der Waals surface area contributed by atoms with Gasteiger partial charge in [0.05, 0.1) is 12.1 Å². The molecule has 1 N–H and O–H groups in total. The molecule has 138 valence electrons. The van der Waals surface area contributed by atoms with Gasteiger partial charge in [-0.05, 0) is 51.1 Å². The Morgan fingerprint density at radius 1 is 1.04 bits per heavy atom. The molecular formula is C21H26N2O3. The first-order chi connectivity index (χ1) is 12.4. The molecule has 0 aromatic heterocycles. The summed E-state index contributed by atoms with van der Waals surface area (Å²) in [5, 5.41) is 2.97. The molecule has 0 aliphatic heterocycles. The van der Waals surface area contributed by atoms with Crippen molar-refractivity contribution < 1.29 is 14.3 Å². The van der Waals surface area contributed by atoms with Gasteiger partial charge in [0, 0.05) is 12.2 Å². The molecule has 5 nitrogen and oxygen atoms in total. The van der Waals surface area contributed by atoms with Gasteiger partial charge in [0.25, 0.3) is 0 Å². The molecule has 0 unspecified atom stereocenters. The van der Waals surface area contributed by atoms with E-state index in [-0.39, 0.29) is 25.0 Å². The summed E-state index contributed by atoms with van der Waals surface area (Å²) in [5.41, 5.74) is 4.67. The number of likely N-dealkylation sites (N-methyl/N-ethyl adjacent to an activating group) is 1. The van der Waals surface area contributed by atoms with E-state index in [4.69, 9.17) is 4.74 Å². The summed E-state index contributed by atoms with van der Waals surface area (Å²) in [6.07, 6.45) is 0. The summed E-state index contributed by atoms with van der Waals surface area (Å²) in [7, 11) is 1.82. The number of anilines is 1. The third-order valence-electron chi connectivity index (χ3n) is 4.07. The largest absolute Gasteiger partial charge is 0.461 e. The number of esters is 1. The van der Waals surface area contributed by atoms with Gasteiger partial charge in [-0.2, -0.15) is 0 Å². The predicted octanol–water partition coefficient (Wildman–Crippen LogP) is 3.34. The summed E-state index contributed by atoms with van der Waals surface area (Å²) < 4.78 is 5.24. The minimum Gasteiger partial charge on any atom is -0.461 e. The molecule has 0 aliphatic rings. The first-order valence-corrected chi connectivity index (χ1v) is 8.65. The lowest BCUT2D eigenvalue weighted by Crippen LogP contribution is -2.33. The van der Waals surface area contributed by atoms with Gasteiger partial charge in [0.15, 0.2) is 0 Å². The van der Waals surface area contributed by atoms with Gasteiger partial charge in [-0.3, -0.25) is 9.69 Å². The van der Waals surface area contributed by atoms with Gasteiger partial charge >= 0.3 is 5.97 Å². The summed E-state index contributed by atoms with van der Waals surface area (Å²) in [5.74, 6) is -0.439. The average Bonchev–Trinajstić information content (AvgIpc) is 2.58. The van der Waals surface area contributed by atoms with Crippen molar-refractivity contribution in [2.75, 3.05) is 32.1 Å². The highest BCUT2D eigenvalue weighted by Crippen LogP contribution is 2.21. The average molecular weight is 354 g/mol. The summed E-state index contributed by atoms with van der Waals surface area (Å²) >= 11 is 0. The Hall–Kier alpha value is -2.66. The molecule has 2 aromatic carbocycles. The smallest absolute Gasteiger partial charge is 0.338 e. The molecule has 2 rings (SSSR count). The second kappa shape index (κ2) is 9.15. The van der Waals surface area contributed by atoms with Gasteiger partial charge in [0.1, 0.15) is 6.61 Å². The van der Waals surface area contributed by atoms with Crippen molar-refractivity contribution in [1.82, 2.24) is 4.90 Å². The monoisotopic (exact) mass is 354 g/mol. The first kappa shape index (κ1) is 19.7. The Kier molecular flexibility index (Phi) is 6.92. The molecule has 0 bridgehead atoms. The number of benzene rings is 2. The Bertz CT molecular complexity index is 749. The maximum Gasteiger partial charge on any atom is 0.338 e. The predicted molar refractivity (Wildman–Crippen MR) is 104 cm³/mol. The topological polar surface area (TPSA) is 58.6 Å².